The summed E-state index contributed by atoms with van der Waals surface area (Å²) >= 11 is 12.4. The summed E-state index contributed by atoms with van der Waals surface area (Å²) in [5.41, 5.74) is 2.24. The van der Waals surface area contributed by atoms with Crippen LogP contribution >= 0.6 is 23.2 Å². The second kappa shape index (κ2) is 8.80. The molecule has 0 bridgehead atoms. The minimum Gasteiger partial charge on any atom is -0.503 e. The number of amides is 1. The molecule has 0 saturated heterocycles. The monoisotopic (exact) mass is 507 g/mol. The van der Waals surface area contributed by atoms with Gasteiger partial charge < -0.3 is 14.3 Å². The van der Waals surface area contributed by atoms with Gasteiger partial charge in [0.2, 0.25) is 5.78 Å². The number of fused-ring (bicyclic) bond motifs is 1. The molecule has 1 amide bonds. The molecule has 3 aromatic carbocycles. The molecule has 0 radical (unpaired) electrons. The lowest BCUT2D eigenvalue weighted by Crippen LogP contribution is -2.31. The molecule has 4 aromatic rings. The van der Waals surface area contributed by atoms with Gasteiger partial charge in [-0.25, -0.2) is 0 Å². The highest BCUT2D eigenvalue weighted by atomic mass is 35.5. The van der Waals surface area contributed by atoms with Gasteiger partial charge in [0.05, 0.1) is 18.7 Å². The fraction of sp³-hybridized carbons (Fsp3) is 0.111. The number of hydrogen-bond donors (Lipinski definition) is 1. The number of benzene rings is 3. The van der Waals surface area contributed by atoms with Crippen molar-refractivity contribution in [3.8, 4) is 5.75 Å². The molecule has 1 unspecified atom stereocenters. The second-order valence-corrected chi connectivity index (χ2v) is 9.01. The molecule has 2 heterocycles. The Balaban J connectivity index is 1.66. The molecule has 5 rings (SSSR count). The first-order valence-electron chi connectivity index (χ1n) is 10.7. The second-order valence-electron chi connectivity index (χ2n) is 8.17. The van der Waals surface area contributed by atoms with Crippen LogP contribution in [0, 0.1) is 6.92 Å². The molecule has 35 heavy (non-hydrogen) atoms. The van der Waals surface area contributed by atoms with Gasteiger partial charge in [0.15, 0.2) is 11.5 Å². The number of rotatable bonds is 5. The summed E-state index contributed by atoms with van der Waals surface area (Å²) in [5.74, 6) is -1.37. The number of carbonyl (C=O) groups is 2. The summed E-state index contributed by atoms with van der Waals surface area (Å²) in [5, 5.41) is 12.5. The number of hydrogen-bond acceptors (Lipinski definition) is 5. The number of aliphatic hydroxyl groups excluding tert-OH is 1. The largest absolute Gasteiger partial charge is 0.503 e. The first-order valence-corrected chi connectivity index (χ1v) is 11.4. The van der Waals surface area contributed by atoms with Crippen LogP contribution in [0.2, 0.25) is 10.0 Å². The lowest BCUT2D eigenvalue weighted by atomic mass is 9.94. The molecular formula is C27H19Cl2NO5. The Bertz CT molecular complexity index is 1520. The number of carbonyl (C=O) groups excluding carboxylic acids is 2. The quantitative estimate of drug-likeness (QED) is 0.299. The average molecular weight is 508 g/mol. The van der Waals surface area contributed by atoms with Crippen LogP contribution in [0.1, 0.15) is 27.7 Å². The van der Waals surface area contributed by atoms with Gasteiger partial charge in [0.1, 0.15) is 11.3 Å². The van der Waals surface area contributed by atoms with Crippen molar-refractivity contribution >= 4 is 51.5 Å². The number of ether oxygens (including phenoxy) is 1. The van der Waals surface area contributed by atoms with E-state index in [0.29, 0.717) is 38.0 Å². The predicted octanol–water partition coefficient (Wildman–Crippen LogP) is 6.84. The number of nitrogens with zero attached hydrogens (tertiary/aromatic N) is 1. The zero-order valence-electron chi connectivity index (χ0n) is 18.7. The van der Waals surface area contributed by atoms with E-state index in [4.69, 9.17) is 32.4 Å². The van der Waals surface area contributed by atoms with Crippen LogP contribution in [0.25, 0.3) is 11.0 Å². The van der Waals surface area contributed by atoms with E-state index in [1.807, 2.05) is 6.92 Å². The van der Waals surface area contributed by atoms with Crippen LogP contribution in [-0.2, 0) is 4.79 Å². The summed E-state index contributed by atoms with van der Waals surface area (Å²) < 4.78 is 11.0. The van der Waals surface area contributed by atoms with Crippen molar-refractivity contribution in [1.82, 2.24) is 0 Å². The van der Waals surface area contributed by atoms with E-state index in [9.17, 15) is 14.7 Å². The van der Waals surface area contributed by atoms with Gasteiger partial charge in [-0.05, 0) is 66.6 Å². The maximum Gasteiger partial charge on any atom is 0.294 e. The molecule has 1 aliphatic heterocycles. The van der Waals surface area contributed by atoms with Crippen molar-refractivity contribution in [3.05, 3.63) is 105 Å². The minimum absolute atomic E-state index is 0.0149. The summed E-state index contributed by atoms with van der Waals surface area (Å²) in [6, 6.07) is 17.7. The van der Waals surface area contributed by atoms with Crippen molar-refractivity contribution in [2.24, 2.45) is 0 Å². The summed E-state index contributed by atoms with van der Waals surface area (Å²) in [6.45, 7) is 1.84. The minimum atomic E-state index is -0.920. The van der Waals surface area contributed by atoms with E-state index in [-0.39, 0.29) is 11.3 Å². The van der Waals surface area contributed by atoms with Crippen LogP contribution in [0.3, 0.4) is 0 Å². The van der Waals surface area contributed by atoms with E-state index in [1.165, 1.54) is 4.90 Å². The molecule has 176 valence electrons. The molecule has 1 N–H and O–H groups in total. The lowest BCUT2D eigenvalue weighted by Gasteiger charge is -2.27. The Kier molecular flexibility index (Phi) is 5.79. The fourth-order valence-corrected chi connectivity index (χ4v) is 4.55. The number of aryl methyl sites for hydroxylation is 1. The molecule has 8 heteroatoms. The van der Waals surface area contributed by atoms with Crippen LogP contribution in [0.4, 0.5) is 5.69 Å². The number of halogens is 2. The summed E-state index contributed by atoms with van der Waals surface area (Å²) in [7, 11) is 1.54. The van der Waals surface area contributed by atoms with Crippen LogP contribution in [0.5, 0.6) is 5.75 Å². The van der Waals surface area contributed by atoms with Crippen molar-refractivity contribution < 1.29 is 23.8 Å². The predicted molar refractivity (Wildman–Crippen MR) is 135 cm³/mol. The van der Waals surface area contributed by atoms with Crippen molar-refractivity contribution in [2.45, 2.75) is 13.0 Å². The van der Waals surface area contributed by atoms with Gasteiger partial charge in [-0.2, -0.15) is 0 Å². The first kappa shape index (κ1) is 23.0. The van der Waals surface area contributed by atoms with Crippen molar-refractivity contribution in [3.63, 3.8) is 0 Å². The van der Waals surface area contributed by atoms with Crippen LogP contribution in [-0.4, -0.2) is 23.9 Å². The molecule has 0 spiro atoms. The zero-order valence-corrected chi connectivity index (χ0v) is 20.2. The van der Waals surface area contributed by atoms with Crippen molar-refractivity contribution in [2.75, 3.05) is 12.0 Å². The van der Waals surface area contributed by atoms with Gasteiger partial charge in [0.25, 0.3) is 5.91 Å². The fourth-order valence-electron chi connectivity index (χ4n) is 4.20. The molecule has 1 aliphatic rings. The molecule has 6 nitrogen and oxygen atoms in total. The maximum atomic E-state index is 13.7. The number of furan rings is 1. The van der Waals surface area contributed by atoms with E-state index in [1.54, 1.807) is 73.8 Å². The average Bonchev–Trinajstić information content (AvgIpc) is 3.39. The Labute approximate surface area is 210 Å². The SMILES string of the molecule is COc1ccc(C2C(C(=O)c3cc4cc(Cl)ccc4o3)=C(O)C(=O)N2c2ccc(C)c(Cl)c2)cc1. The third-order valence-electron chi connectivity index (χ3n) is 6.02. The molecule has 1 aromatic heterocycles. The first-order chi connectivity index (χ1) is 16.8. The Hall–Kier alpha value is -3.74. The highest BCUT2D eigenvalue weighted by Gasteiger charge is 2.45. The van der Waals surface area contributed by atoms with Gasteiger partial charge in [-0.3, -0.25) is 14.5 Å². The van der Waals surface area contributed by atoms with E-state index in [0.717, 1.165) is 5.56 Å². The normalized spacial score (nSPS) is 15.8. The van der Waals surface area contributed by atoms with E-state index >= 15 is 0 Å². The summed E-state index contributed by atoms with van der Waals surface area (Å²) in [6.07, 6.45) is 0. The number of ketones is 1. The van der Waals surface area contributed by atoms with Crippen LogP contribution < -0.4 is 9.64 Å². The standard InChI is InChI=1S/C27H19Cl2NO5/c1-14-3-7-18(13-20(14)29)30-24(15-4-8-19(34-2)9-5-15)23(26(32)27(30)33)25(31)22-12-16-11-17(28)6-10-21(16)35-22/h3-13,24,32H,1-2H3. The lowest BCUT2D eigenvalue weighted by molar-refractivity contribution is -0.117. The maximum absolute atomic E-state index is 13.7. The number of Topliss-reactive ketones (excluding diaryl/α,β-unsaturated/α-hetero) is 1. The van der Waals surface area contributed by atoms with E-state index in [2.05, 4.69) is 0 Å². The zero-order chi connectivity index (χ0) is 24.9. The topological polar surface area (TPSA) is 80.0 Å². The van der Waals surface area contributed by atoms with Crippen molar-refractivity contribution in [1.29, 1.82) is 0 Å². The van der Waals surface area contributed by atoms with Gasteiger partial charge in [-0.1, -0.05) is 41.4 Å². The molecule has 0 aliphatic carbocycles. The molecule has 0 fully saturated rings. The number of methoxy groups -OCH3 is 1. The highest BCUT2D eigenvalue weighted by molar-refractivity contribution is 6.32. The van der Waals surface area contributed by atoms with Crippen LogP contribution in [0.15, 0.2) is 82.5 Å². The van der Waals surface area contributed by atoms with Gasteiger partial charge >= 0.3 is 0 Å². The smallest absolute Gasteiger partial charge is 0.294 e. The molecule has 0 saturated carbocycles. The van der Waals surface area contributed by atoms with E-state index < -0.39 is 23.5 Å². The molecular weight excluding hydrogens is 489 g/mol. The molecule has 1 atom stereocenters. The Morgan fingerprint density at radius 1 is 1.03 bits per heavy atom. The third-order valence-corrected chi connectivity index (χ3v) is 6.66. The number of aliphatic hydroxyl groups is 1. The summed E-state index contributed by atoms with van der Waals surface area (Å²) in [4.78, 5) is 28.4. The third kappa shape index (κ3) is 3.95. The Morgan fingerprint density at radius 3 is 2.46 bits per heavy atom. The van der Waals surface area contributed by atoms with Gasteiger partial charge in [0, 0.05) is 21.1 Å². The Morgan fingerprint density at radius 2 is 1.77 bits per heavy atom. The highest BCUT2D eigenvalue weighted by Crippen LogP contribution is 2.43. The number of anilines is 1. The van der Waals surface area contributed by atoms with Gasteiger partial charge in [-0.15, -0.1) is 0 Å².